The second-order valence-electron chi connectivity index (χ2n) is 14.1. The van der Waals surface area contributed by atoms with E-state index in [1.807, 2.05) is 19.9 Å². The molecule has 0 radical (unpaired) electrons. The number of aliphatic hydroxyl groups excluding tert-OH is 3. The van der Waals surface area contributed by atoms with Crippen molar-refractivity contribution in [2.24, 2.45) is 39.4 Å². The summed E-state index contributed by atoms with van der Waals surface area (Å²) in [5.74, 6) is -3.13. The fourth-order valence-corrected chi connectivity index (χ4v) is 9.07. The van der Waals surface area contributed by atoms with Crippen molar-refractivity contribution in [1.82, 2.24) is 0 Å². The molecular weight excluding hydrogens is 488 g/mol. The third kappa shape index (κ3) is 3.70. The number of carbonyl (C=O) groups excluding carboxylic acids is 3. The number of fused-ring (bicyclic) bond motifs is 5. The van der Waals surface area contributed by atoms with E-state index < -0.39 is 75.2 Å². The average molecular weight is 533 g/mol. The predicted molar refractivity (Wildman–Crippen MR) is 140 cm³/mol. The fraction of sp³-hybridized carbons (Fsp3) is 0.767. The van der Waals surface area contributed by atoms with Gasteiger partial charge in [0, 0.05) is 17.8 Å². The highest BCUT2D eigenvalue weighted by Gasteiger charge is 2.75. The molecule has 4 aliphatic carbocycles. The Hall–Kier alpha value is -1.71. The van der Waals surface area contributed by atoms with E-state index >= 15 is 0 Å². The maximum Gasteiger partial charge on any atom is 0.187 e. The van der Waals surface area contributed by atoms with Crippen molar-refractivity contribution in [2.45, 2.75) is 97.6 Å². The number of carbonyl (C=O) groups is 3. The van der Waals surface area contributed by atoms with Gasteiger partial charge in [-0.2, -0.15) is 0 Å². The molecule has 8 heteroatoms. The molecule has 3 saturated carbocycles. The lowest BCUT2D eigenvalue weighted by atomic mass is 9.38. The Morgan fingerprint density at radius 3 is 2.24 bits per heavy atom. The van der Waals surface area contributed by atoms with E-state index in [-0.39, 0.29) is 30.8 Å². The van der Waals surface area contributed by atoms with E-state index in [1.54, 1.807) is 13.8 Å². The van der Waals surface area contributed by atoms with Gasteiger partial charge in [0.1, 0.15) is 17.5 Å². The summed E-state index contributed by atoms with van der Waals surface area (Å²) >= 11 is 0. The molecule has 0 aromatic rings. The number of hydrogen-bond donors (Lipinski definition) is 5. The number of allylic oxidation sites excluding steroid dienone is 2. The molecule has 8 nitrogen and oxygen atoms in total. The van der Waals surface area contributed by atoms with Gasteiger partial charge in [-0.15, -0.1) is 0 Å². The Morgan fingerprint density at radius 1 is 1.08 bits per heavy atom. The third-order valence-corrected chi connectivity index (χ3v) is 11.1. The van der Waals surface area contributed by atoms with E-state index in [9.17, 15) is 39.9 Å². The highest BCUT2D eigenvalue weighted by atomic mass is 16.3. The Bertz CT molecular complexity index is 1110. The summed E-state index contributed by atoms with van der Waals surface area (Å²) in [6, 6.07) is 0. The minimum absolute atomic E-state index is 0.0492. The van der Waals surface area contributed by atoms with Crippen LogP contribution in [0.3, 0.4) is 0 Å². The Labute approximate surface area is 224 Å². The van der Waals surface area contributed by atoms with Gasteiger partial charge in [-0.05, 0) is 82.6 Å². The molecule has 3 fully saturated rings. The zero-order valence-electron chi connectivity index (χ0n) is 23.6. The van der Waals surface area contributed by atoms with Gasteiger partial charge in [0.05, 0.1) is 23.7 Å². The van der Waals surface area contributed by atoms with Crippen molar-refractivity contribution in [3.8, 4) is 0 Å². The fourth-order valence-electron chi connectivity index (χ4n) is 9.07. The molecule has 0 bridgehead atoms. The number of ketones is 3. The summed E-state index contributed by atoms with van der Waals surface area (Å²) in [6.45, 7) is 11.2. The highest BCUT2D eigenvalue weighted by molar-refractivity contribution is 5.98. The standard InChI is InChI=1S/C30H44O8/c1-25(2,37)11-10-21(34)29(7,38)23-19(33)13-27(5)20-9-8-16-17(12-18(32)24(36)26(16,3)4)30(20,15-31)22(35)14-28(23,27)6/h8,10-11,17-20,23,31-33,37-38H,9,12-15H2,1-7H3/b11-10+/t17-,18+,19-,20+,23+,27+,28-,29?,30+/m1/s1. The van der Waals surface area contributed by atoms with Gasteiger partial charge >= 0.3 is 0 Å². The topological polar surface area (TPSA) is 152 Å². The van der Waals surface area contributed by atoms with Crippen molar-refractivity contribution in [3.05, 3.63) is 23.8 Å². The van der Waals surface area contributed by atoms with E-state index in [0.717, 1.165) is 11.6 Å². The maximum absolute atomic E-state index is 14.3. The third-order valence-electron chi connectivity index (χ3n) is 11.1. The first kappa shape index (κ1) is 29.3. The smallest absolute Gasteiger partial charge is 0.187 e. The van der Waals surface area contributed by atoms with E-state index in [2.05, 4.69) is 0 Å². The summed E-state index contributed by atoms with van der Waals surface area (Å²) in [6.07, 6.45) is 2.65. The van der Waals surface area contributed by atoms with Gasteiger partial charge in [-0.1, -0.05) is 31.6 Å². The molecule has 9 atom stereocenters. The first-order valence-electron chi connectivity index (χ1n) is 13.7. The molecule has 0 amide bonds. The van der Waals surface area contributed by atoms with Crippen LogP contribution in [0.25, 0.3) is 0 Å². The van der Waals surface area contributed by atoms with Gasteiger partial charge in [-0.3, -0.25) is 14.4 Å². The van der Waals surface area contributed by atoms with Crippen LogP contribution in [0.1, 0.15) is 74.1 Å². The first-order chi connectivity index (χ1) is 17.2. The molecule has 0 heterocycles. The minimum atomic E-state index is -2.02. The van der Waals surface area contributed by atoms with Gasteiger partial charge in [0.25, 0.3) is 0 Å². The van der Waals surface area contributed by atoms with E-state index in [1.165, 1.54) is 26.8 Å². The van der Waals surface area contributed by atoms with Crippen LogP contribution in [0, 0.1) is 39.4 Å². The second-order valence-corrected chi connectivity index (χ2v) is 14.1. The quantitative estimate of drug-likeness (QED) is 0.266. The highest BCUT2D eigenvalue weighted by Crippen LogP contribution is 2.74. The van der Waals surface area contributed by atoms with Crippen LogP contribution < -0.4 is 0 Å². The molecule has 0 aliphatic heterocycles. The largest absolute Gasteiger partial charge is 0.395 e. The van der Waals surface area contributed by atoms with E-state index in [0.29, 0.717) is 6.42 Å². The molecule has 38 heavy (non-hydrogen) atoms. The van der Waals surface area contributed by atoms with Crippen LogP contribution in [0.2, 0.25) is 0 Å². The summed E-state index contributed by atoms with van der Waals surface area (Å²) in [5, 5.41) is 54.7. The van der Waals surface area contributed by atoms with Gasteiger partial charge in [-0.25, -0.2) is 0 Å². The lowest BCUT2D eigenvalue weighted by molar-refractivity contribution is -0.192. The lowest BCUT2D eigenvalue weighted by Gasteiger charge is -2.64. The second kappa shape index (κ2) is 8.64. The average Bonchev–Trinajstić information content (AvgIpc) is 3.00. The first-order valence-corrected chi connectivity index (χ1v) is 13.7. The summed E-state index contributed by atoms with van der Waals surface area (Å²) < 4.78 is 0. The van der Waals surface area contributed by atoms with E-state index in [4.69, 9.17) is 0 Å². The molecule has 4 rings (SSSR count). The Kier molecular flexibility index (Phi) is 6.66. The van der Waals surface area contributed by atoms with Crippen LogP contribution in [-0.2, 0) is 14.4 Å². The van der Waals surface area contributed by atoms with Crippen molar-refractivity contribution in [1.29, 1.82) is 0 Å². The molecule has 212 valence electrons. The lowest BCUT2D eigenvalue weighted by Crippen LogP contribution is -2.67. The van der Waals surface area contributed by atoms with Crippen molar-refractivity contribution in [2.75, 3.05) is 6.61 Å². The van der Waals surface area contributed by atoms with Crippen LogP contribution in [0.15, 0.2) is 23.8 Å². The molecule has 5 N–H and O–H groups in total. The summed E-state index contributed by atoms with van der Waals surface area (Å²) in [5.41, 5.74) is -6.48. The molecule has 0 aromatic heterocycles. The normalized spacial score (nSPS) is 44.2. The minimum Gasteiger partial charge on any atom is -0.395 e. The zero-order chi connectivity index (χ0) is 28.9. The molecule has 4 aliphatic rings. The summed E-state index contributed by atoms with van der Waals surface area (Å²) in [4.78, 5) is 40.4. The van der Waals surface area contributed by atoms with Crippen molar-refractivity contribution < 1.29 is 39.9 Å². The Morgan fingerprint density at radius 2 is 1.68 bits per heavy atom. The van der Waals surface area contributed by atoms with Crippen LogP contribution in [-0.4, -0.2) is 72.9 Å². The monoisotopic (exact) mass is 532 g/mol. The maximum atomic E-state index is 14.3. The predicted octanol–water partition coefficient (Wildman–Crippen LogP) is 1.90. The number of hydrogen-bond acceptors (Lipinski definition) is 8. The molecule has 1 unspecified atom stereocenters. The van der Waals surface area contributed by atoms with Crippen LogP contribution in [0.4, 0.5) is 0 Å². The summed E-state index contributed by atoms with van der Waals surface area (Å²) in [7, 11) is 0. The molecular formula is C30H44O8. The SMILES string of the molecule is CC(C)(O)/C=C/C(=O)C(C)(O)[C@H]1[C@H](O)C[C@@]2(C)[C@@H]3CC=C4[C@@H](C[C@H](O)C(=O)C4(C)C)[C@]3(CO)C(=O)C[C@]12C. The molecule has 0 spiro atoms. The number of rotatable bonds is 5. The van der Waals surface area contributed by atoms with Crippen molar-refractivity contribution in [3.63, 3.8) is 0 Å². The number of Topliss-reactive ketones (excluding diaryl/α,β-unsaturated/α-hetero) is 2. The van der Waals surface area contributed by atoms with Gasteiger partial charge in [0.2, 0.25) is 0 Å². The molecule has 0 aromatic carbocycles. The zero-order valence-corrected chi connectivity index (χ0v) is 23.6. The van der Waals surface area contributed by atoms with Crippen LogP contribution in [0.5, 0.6) is 0 Å². The van der Waals surface area contributed by atoms with Gasteiger partial charge in [0.15, 0.2) is 11.6 Å². The molecule has 0 saturated heterocycles. The van der Waals surface area contributed by atoms with Gasteiger partial charge < -0.3 is 25.5 Å². The number of aliphatic hydroxyl groups is 5. The Balaban J connectivity index is 1.83. The van der Waals surface area contributed by atoms with Crippen molar-refractivity contribution >= 4 is 17.3 Å². The van der Waals surface area contributed by atoms with Crippen LogP contribution >= 0.6 is 0 Å².